The van der Waals surface area contributed by atoms with Gasteiger partial charge in [0.15, 0.2) is 0 Å². The van der Waals surface area contributed by atoms with Gasteiger partial charge in [-0.15, -0.1) is 0 Å². The molecule has 0 fully saturated rings. The molecule has 0 radical (unpaired) electrons. The van der Waals surface area contributed by atoms with Gasteiger partial charge in [-0.05, 0) is 37.6 Å². The number of aliphatic hydroxyl groups is 1. The Balaban J connectivity index is 2.81. The van der Waals surface area contributed by atoms with E-state index in [0.717, 1.165) is 18.5 Å². The molecule has 0 unspecified atom stereocenters. The number of likely N-dealkylation sites (N-methyl/N-ethyl adjacent to an activating group) is 1. The zero-order valence-corrected chi connectivity index (χ0v) is 11.9. The largest absolute Gasteiger partial charge is 0.394 e. The van der Waals surface area contributed by atoms with Gasteiger partial charge >= 0.3 is 0 Å². The fourth-order valence-electron chi connectivity index (χ4n) is 1.89. The van der Waals surface area contributed by atoms with Crippen molar-refractivity contribution < 1.29 is 9.90 Å². The van der Waals surface area contributed by atoms with Gasteiger partial charge in [0.1, 0.15) is 0 Å². The van der Waals surface area contributed by atoms with Crippen molar-refractivity contribution in [3.05, 3.63) is 35.4 Å². The fraction of sp³-hybridized carbons (Fsp3) is 0.533. The Hall–Kier alpha value is -1.39. The van der Waals surface area contributed by atoms with Gasteiger partial charge in [0.05, 0.1) is 12.6 Å². The first-order valence-electron chi connectivity index (χ1n) is 6.74. The van der Waals surface area contributed by atoms with E-state index in [1.165, 1.54) is 0 Å². The van der Waals surface area contributed by atoms with Crippen LogP contribution in [0.3, 0.4) is 0 Å². The van der Waals surface area contributed by atoms with Gasteiger partial charge < -0.3 is 15.7 Å². The summed E-state index contributed by atoms with van der Waals surface area (Å²) in [6.45, 7) is 4.75. The monoisotopic (exact) mass is 264 g/mol. The van der Waals surface area contributed by atoms with E-state index in [2.05, 4.69) is 10.6 Å². The minimum atomic E-state index is -0.204. The molecule has 1 rings (SSSR count). The van der Waals surface area contributed by atoms with Crippen LogP contribution in [0.2, 0.25) is 0 Å². The van der Waals surface area contributed by atoms with Crippen molar-refractivity contribution in [1.82, 2.24) is 10.6 Å². The summed E-state index contributed by atoms with van der Waals surface area (Å²) >= 11 is 0. The van der Waals surface area contributed by atoms with Gasteiger partial charge in [-0.2, -0.15) is 0 Å². The topological polar surface area (TPSA) is 61.4 Å². The highest BCUT2D eigenvalue weighted by atomic mass is 16.3. The molecule has 4 heteroatoms. The van der Waals surface area contributed by atoms with E-state index < -0.39 is 0 Å². The fourth-order valence-corrected chi connectivity index (χ4v) is 1.89. The van der Waals surface area contributed by atoms with Gasteiger partial charge in [-0.3, -0.25) is 4.79 Å². The third-order valence-corrected chi connectivity index (χ3v) is 3.22. The maximum Gasteiger partial charge on any atom is 0.251 e. The van der Waals surface area contributed by atoms with Crippen LogP contribution in [0.5, 0.6) is 0 Å². The van der Waals surface area contributed by atoms with Crippen LogP contribution in [0.4, 0.5) is 0 Å². The Labute approximate surface area is 115 Å². The van der Waals surface area contributed by atoms with Crippen molar-refractivity contribution in [2.75, 3.05) is 20.2 Å². The van der Waals surface area contributed by atoms with Crippen LogP contribution < -0.4 is 10.6 Å². The quantitative estimate of drug-likeness (QED) is 0.693. The minimum absolute atomic E-state index is 0.0396. The molecular weight excluding hydrogens is 240 g/mol. The second kappa shape index (κ2) is 7.92. The summed E-state index contributed by atoms with van der Waals surface area (Å²) in [5, 5.41) is 15.2. The van der Waals surface area contributed by atoms with Crippen molar-refractivity contribution in [3.8, 4) is 0 Å². The van der Waals surface area contributed by atoms with E-state index in [1.54, 1.807) is 0 Å². The van der Waals surface area contributed by atoms with Crippen molar-refractivity contribution in [1.29, 1.82) is 0 Å². The molecule has 0 aliphatic heterocycles. The molecule has 0 heterocycles. The third-order valence-electron chi connectivity index (χ3n) is 3.22. The molecule has 0 aliphatic rings. The first kappa shape index (κ1) is 15.7. The number of nitrogens with one attached hydrogen (secondary N) is 2. The van der Waals surface area contributed by atoms with E-state index in [1.807, 2.05) is 45.2 Å². The number of benzene rings is 1. The smallest absolute Gasteiger partial charge is 0.251 e. The molecule has 0 aromatic heterocycles. The van der Waals surface area contributed by atoms with E-state index in [-0.39, 0.29) is 24.5 Å². The number of hydrogen-bond donors (Lipinski definition) is 3. The molecule has 4 nitrogen and oxygen atoms in total. The molecule has 1 aromatic rings. The molecule has 19 heavy (non-hydrogen) atoms. The highest BCUT2D eigenvalue weighted by molar-refractivity contribution is 5.95. The number of rotatable bonds is 7. The lowest BCUT2D eigenvalue weighted by Gasteiger charge is -2.20. The highest BCUT2D eigenvalue weighted by Crippen LogP contribution is 2.11. The Bertz CT molecular complexity index is 405. The molecule has 1 amide bonds. The Kier molecular flexibility index (Phi) is 6.53. The molecular formula is C15H24N2O2. The van der Waals surface area contributed by atoms with E-state index in [9.17, 15) is 9.90 Å². The van der Waals surface area contributed by atoms with E-state index >= 15 is 0 Å². The lowest BCUT2D eigenvalue weighted by molar-refractivity contribution is 0.0896. The first-order chi connectivity index (χ1) is 9.10. The molecule has 3 N–H and O–H groups in total. The maximum absolute atomic E-state index is 12.3. The van der Waals surface area contributed by atoms with Crippen LogP contribution in [0, 0.1) is 5.92 Å². The van der Waals surface area contributed by atoms with Crippen LogP contribution in [0.1, 0.15) is 29.8 Å². The molecule has 0 aliphatic carbocycles. The van der Waals surface area contributed by atoms with Crippen LogP contribution >= 0.6 is 0 Å². The van der Waals surface area contributed by atoms with Gasteiger partial charge in [0.2, 0.25) is 0 Å². The number of hydrogen-bond acceptors (Lipinski definition) is 3. The predicted molar refractivity (Wildman–Crippen MR) is 77.3 cm³/mol. The minimum Gasteiger partial charge on any atom is -0.394 e. The molecule has 106 valence electrons. The summed E-state index contributed by atoms with van der Waals surface area (Å²) in [4.78, 5) is 12.3. The van der Waals surface area contributed by atoms with Crippen LogP contribution in [0.25, 0.3) is 0 Å². The summed E-state index contributed by atoms with van der Waals surface area (Å²) in [6, 6.07) is 7.39. The van der Waals surface area contributed by atoms with Crippen molar-refractivity contribution in [3.63, 3.8) is 0 Å². The number of amides is 1. The lowest BCUT2D eigenvalue weighted by atomic mass is 10.0. The third kappa shape index (κ3) is 4.65. The summed E-state index contributed by atoms with van der Waals surface area (Å²) in [5.74, 6) is 0.0953. The zero-order chi connectivity index (χ0) is 14.3. The molecule has 0 saturated carbocycles. The Morgan fingerprint density at radius 2 is 2.00 bits per heavy atom. The number of carbonyl (C=O) groups excluding carboxylic acids is 1. The molecule has 0 saturated heterocycles. The summed E-state index contributed by atoms with van der Waals surface area (Å²) in [5.41, 5.74) is 1.71. The normalized spacial score (nSPS) is 12.5. The average molecular weight is 264 g/mol. The van der Waals surface area contributed by atoms with Crippen molar-refractivity contribution in [2.24, 2.45) is 5.92 Å². The van der Waals surface area contributed by atoms with Crippen LogP contribution in [-0.2, 0) is 6.42 Å². The first-order valence-corrected chi connectivity index (χ1v) is 6.74. The van der Waals surface area contributed by atoms with Gasteiger partial charge in [0.25, 0.3) is 5.91 Å². The summed E-state index contributed by atoms with van der Waals surface area (Å²) in [6.07, 6.45) is 0.811. The number of aliphatic hydroxyl groups excluding tert-OH is 1. The summed E-state index contributed by atoms with van der Waals surface area (Å²) in [7, 11) is 1.89. The van der Waals surface area contributed by atoms with Gasteiger partial charge in [-0.25, -0.2) is 0 Å². The maximum atomic E-state index is 12.3. The predicted octanol–water partition coefficient (Wildman–Crippen LogP) is 1.20. The van der Waals surface area contributed by atoms with Crippen LogP contribution in [0.15, 0.2) is 24.3 Å². The van der Waals surface area contributed by atoms with Gasteiger partial charge in [0, 0.05) is 5.56 Å². The van der Waals surface area contributed by atoms with Gasteiger partial charge in [-0.1, -0.05) is 32.0 Å². The molecule has 0 bridgehead atoms. The molecule has 1 atom stereocenters. The van der Waals surface area contributed by atoms with E-state index in [0.29, 0.717) is 5.56 Å². The van der Waals surface area contributed by atoms with Crippen molar-refractivity contribution >= 4 is 5.91 Å². The summed E-state index contributed by atoms with van der Waals surface area (Å²) < 4.78 is 0. The van der Waals surface area contributed by atoms with Crippen LogP contribution in [-0.4, -0.2) is 37.3 Å². The lowest BCUT2D eigenvalue weighted by Crippen LogP contribution is -2.41. The van der Waals surface area contributed by atoms with Crippen molar-refractivity contribution in [2.45, 2.75) is 26.3 Å². The second-order valence-electron chi connectivity index (χ2n) is 5.02. The highest BCUT2D eigenvalue weighted by Gasteiger charge is 2.17. The Morgan fingerprint density at radius 3 is 2.58 bits per heavy atom. The molecule has 1 aromatic carbocycles. The standard InChI is InChI=1S/C15H24N2O2/c1-11(2)14(10-18)17-15(19)13-7-5-4-6-12(13)8-9-16-3/h4-7,11,14,16,18H,8-10H2,1-3H3,(H,17,19)/t14-/m1/s1. The van der Waals surface area contributed by atoms with E-state index in [4.69, 9.17) is 0 Å². The molecule has 0 spiro atoms. The SMILES string of the molecule is CNCCc1ccccc1C(=O)N[C@H](CO)C(C)C. The Morgan fingerprint density at radius 1 is 1.32 bits per heavy atom. The number of carbonyl (C=O) groups is 1. The second-order valence-corrected chi connectivity index (χ2v) is 5.02. The average Bonchev–Trinajstić information content (AvgIpc) is 2.42. The zero-order valence-electron chi connectivity index (χ0n) is 11.9.